The highest BCUT2D eigenvalue weighted by atomic mass is 16.5. The van der Waals surface area contributed by atoms with E-state index in [4.69, 9.17) is 23.0 Å². The fourth-order valence-electron chi connectivity index (χ4n) is 4.40. The Hall–Kier alpha value is -4.72. The zero-order valence-electron chi connectivity index (χ0n) is 21.1. The lowest BCUT2D eigenvalue weighted by Crippen LogP contribution is -2.13. The first-order valence-corrected chi connectivity index (χ1v) is 11.5. The third-order valence-electron chi connectivity index (χ3n) is 6.44. The quantitative estimate of drug-likeness (QED) is 0.282. The summed E-state index contributed by atoms with van der Waals surface area (Å²) in [6.45, 7) is 3.85. The molecular formula is C29H25NO7. The molecule has 8 heteroatoms. The number of rotatable bonds is 6. The first-order chi connectivity index (χ1) is 17.9. The summed E-state index contributed by atoms with van der Waals surface area (Å²) in [4.78, 5) is 26.1. The Morgan fingerprint density at radius 3 is 2.22 bits per heavy atom. The number of hydrogen-bond acceptors (Lipinski definition) is 7. The van der Waals surface area contributed by atoms with Gasteiger partial charge in [0, 0.05) is 28.0 Å². The maximum atomic E-state index is 13.5. The SMILES string of the molecule is COc1cc(C(=O)Nc2c(-c3cc(=O)oc4c(C)c(C)ccc34)oc3ccccc23)cc(OC)c1OC. The van der Waals surface area contributed by atoms with Crippen LogP contribution in [0.4, 0.5) is 5.69 Å². The predicted molar refractivity (Wildman–Crippen MR) is 141 cm³/mol. The van der Waals surface area contributed by atoms with Gasteiger partial charge in [0.15, 0.2) is 17.3 Å². The minimum atomic E-state index is -0.515. The summed E-state index contributed by atoms with van der Waals surface area (Å²) >= 11 is 0. The fraction of sp³-hybridized carbons (Fsp3) is 0.172. The maximum Gasteiger partial charge on any atom is 0.336 e. The van der Waals surface area contributed by atoms with Gasteiger partial charge in [-0.3, -0.25) is 4.79 Å². The normalized spacial score (nSPS) is 11.1. The summed E-state index contributed by atoms with van der Waals surface area (Å²) < 4.78 is 27.9. The van der Waals surface area contributed by atoms with Crippen LogP contribution in [-0.2, 0) is 0 Å². The number of benzene rings is 3. The van der Waals surface area contributed by atoms with Gasteiger partial charge in [-0.15, -0.1) is 0 Å². The average molecular weight is 500 g/mol. The number of para-hydroxylation sites is 1. The lowest BCUT2D eigenvalue weighted by atomic mass is 10.0. The minimum absolute atomic E-state index is 0.287. The number of fused-ring (bicyclic) bond motifs is 2. The van der Waals surface area contributed by atoms with Crippen molar-refractivity contribution in [2.45, 2.75) is 13.8 Å². The molecule has 1 N–H and O–H groups in total. The van der Waals surface area contributed by atoms with E-state index in [1.54, 1.807) is 18.2 Å². The van der Waals surface area contributed by atoms with Gasteiger partial charge in [-0.05, 0) is 49.2 Å². The molecule has 0 aliphatic rings. The molecule has 0 unspecified atom stereocenters. The van der Waals surface area contributed by atoms with Crippen LogP contribution in [-0.4, -0.2) is 27.2 Å². The summed E-state index contributed by atoms with van der Waals surface area (Å²) in [5.74, 6) is 1.00. The van der Waals surface area contributed by atoms with Crippen LogP contribution in [0.3, 0.4) is 0 Å². The van der Waals surface area contributed by atoms with Gasteiger partial charge in [-0.1, -0.05) is 24.3 Å². The van der Waals surface area contributed by atoms with E-state index < -0.39 is 11.5 Å². The molecule has 0 saturated carbocycles. The van der Waals surface area contributed by atoms with E-state index in [2.05, 4.69) is 5.32 Å². The lowest BCUT2D eigenvalue weighted by molar-refractivity contribution is 0.102. The molecule has 5 aromatic rings. The highest BCUT2D eigenvalue weighted by Crippen LogP contribution is 2.42. The van der Waals surface area contributed by atoms with Crippen molar-refractivity contribution >= 4 is 33.5 Å². The monoisotopic (exact) mass is 499 g/mol. The highest BCUT2D eigenvalue weighted by molar-refractivity contribution is 6.13. The molecule has 0 aliphatic heterocycles. The molecule has 3 aromatic carbocycles. The second kappa shape index (κ2) is 9.39. The van der Waals surface area contributed by atoms with Gasteiger partial charge in [0.25, 0.3) is 5.91 Å². The van der Waals surface area contributed by atoms with Gasteiger partial charge in [0.1, 0.15) is 11.2 Å². The molecule has 188 valence electrons. The third-order valence-corrected chi connectivity index (χ3v) is 6.44. The smallest absolute Gasteiger partial charge is 0.336 e. The number of ether oxygens (including phenoxy) is 3. The van der Waals surface area contributed by atoms with Crippen molar-refractivity contribution in [3.05, 3.63) is 81.7 Å². The van der Waals surface area contributed by atoms with Gasteiger partial charge in [-0.2, -0.15) is 0 Å². The van der Waals surface area contributed by atoms with Crippen LogP contribution in [0.15, 0.2) is 68.2 Å². The summed E-state index contributed by atoms with van der Waals surface area (Å²) in [5.41, 5.74) is 3.61. The lowest BCUT2D eigenvalue weighted by Gasteiger charge is -2.14. The molecule has 0 bridgehead atoms. The number of hydrogen-bond donors (Lipinski definition) is 1. The fourth-order valence-corrected chi connectivity index (χ4v) is 4.40. The Kier molecular flexibility index (Phi) is 6.09. The van der Waals surface area contributed by atoms with Crippen LogP contribution in [0.25, 0.3) is 33.3 Å². The Labute approximate surface area is 212 Å². The molecule has 2 heterocycles. The van der Waals surface area contributed by atoms with Crippen molar-refractivity contribution in [1.82, 2.24) is 0 Å². The Morgan fingerprint density at radius 2 is 1.54 bits per heavy atom. The van der Waals surface area contributed by atoms with Gasteiger partial charge in [0.2, 0.25) is 5.75 Å². The maximum absolute atomic E-state index is 13.5. The average Bonchev–Trinajstić information content (AvgIpc) is 3.27. The van der Waals surface area contributed by atoms with Crippen molar-refractivity contribution in [3.63, 3.8) is 0 Å². The zero-order valence-corrected chi connectivity index (χ0v) is 21.1. The summed E-state index contributed by atoms with van der Waals surface area (Å²) in [7, 11) is 4.46. The van der Waals surface area contributed by atoms with Crippen molar-refractivity contribution < 1.29 is 27.8 Å². The van der Waals surface area contributed by atoms with E-state index in [-0.39, 0.29) is 5.56 Å². The van der Waals surface area contributed by atoms with Crippen LogP contribution >= 0.6 is 0 Å². The number of nitrogens with one attached hydrogen (secondary N) is 1. The summed E-state index contributed by atoms with van der Waals surface area (Å²) in [6.07, 6.45) is 0. The summed E-state index contributed by atoms with van der Waals surface area (Å²) in [6, 6.07) is 15.7. The van der Waals surface area contributed by atoms with E-state index in [0.29, 0.717) is 56.2 Å². The van der Waals surface area contributed by atoms with E-state index in [9.17, 15) is 9.59 Å². The molecule has 0 spiro atoms. The number of amides is 1. The van der Waals surface area contributed by atoms with E-state index >= 15 is 0 Å². The van der Waals surface area contributed by atoms with E-state index in [1.807, 2.05) is 44.2 Å². The van der Waals surface area contributed by atoms with Gasteiger partial charge >= 0.3 is 5.63 Å². The molecule has 5 rings (SSSR count). The van der Waals surface area contributed by atoms with Gasteiger partial charge in [-0.25, -0.2) is 4.79 Å². The number of carbonyl (C=O) groups is 1. The largest absolute Gasteiger partial charge is 0.493 e. The molecule has 0 saturated heterocycles. The van der Waals surface area contributed by atoms with Crippen molar-refractivity contribution in [3.8, 4) is 28.6 Å². The van der Waals surface area contributed by atoms with E-state index in [1.165, 1.54) is 27.4 Å². The number of aryl methyl sites for hydroxylation is 2. The van der Waals surface area contributed by atoms with Crippen LogP contribution in [0.2, 0.25) is 0 Å². The Morgan fingerprint density at radius 1 is 0.838 bits per heavy atom. The predicted octanol–water partition coefficient (Wildman–Crippen LogP) is 6.10. The minimum Gasteiger partial charge on any atom is -0.493 e. The second-order valence-corrected chi connectivity index (χ2v) is 8.53. The number of anilines is 1. The molecule has 0 aliphatic carbocycles. The first kappa shape index (κ1) is 24.0. The molecule has 37 heavy (non-hydrogen) atoms. The molecule has 8 nitrogen and oxygen atoms in total. The second-order valence-electron chi connectivity index (χ2n) is 8.53. The topological polar surface area (TPSA) is 100 Å². The third kappa shape index (κ3) is 4.06. The van der Waals surface area contributed by atoms with Crippen LogP contribution in [0.5, 0.6) is 17.2 Å². The Bertz CT molecular complexity index is 1700. The van der Waals surface area contributed by atoms with Crippen LogP contribution < -0.4 is 25.2 Å². The zero-order chi connectivity index (χ0) is 26.3. The number of methoxy groups -OCH3 is 3. The molecule has 1 amide bonds. The molecule has 0 atom stereocenters. The number of furan rings is 1. The number of carbonyl (C=O) groups excluding carboxylic acids is 1. The Balaban J connectivity index is 1.70. The van der Waals surface area contributed by atoms with Crippen molar-refractivity contribution in [2.75, 3.05) is 26.6 Å². The van der Waals surface area contributed by atoms with Gasteiger partial charge in [0.05, 0.1) is 27.0 Å². The molecule has 2 aromatic heterocycles. The van der Waals surface area contributed by atoms with E-state index in [0.717, 1.165) is 11.1 Å². The first-order valence-electron chi connectivity index (χ1n) is 11.5. The van der Waals surface area contributed by atoms with Gasteiger partial charge < -0.3 is 28.4 Å². The molecule has 0 fully saturated rings. The molecule has 0 radical (unpaired) electrons. The van der Waals surface area contributed by atoms with Crippen LogP contribution in [0.1, 0.15) is 21.5 Å². The van der Waals surface area contributed by atoms with Crippen molar-refractivity contribution in [2.24, 2.45) is 0 Å². The molecular weight excluding hydrogens is 474 g/mol. The summed E-state index contributed by atoms with van der Waals surface area (Å²) in [5, 5.41) is 4.36. The van der Waals surface area contributed by atoms with Crippen molar-refractivity contribution in [1.29, 1.82) is 0 Å². The van der Waals surface area contributed by atoms with Crippen LogP contribution in [0, 0.1) is 13.8 Å². The highest BCUT2D eigenvalue weighted by Gasteiger charge is 2.24. The standard InChI is InChI=1S/C29H25NO7/c1-15-10-11-18-20(14-24(31)37-26(18)16(15)2)27-25(19-8-6-7-9-21(19)36-27)30-29(32)17-12-22(33-3)28(35-5)23(13-17)34-4/h6-14H,1-5H3,(H,30,32).